The van der Waals surface area contributed by atoms with Crippen LogP contribution < -0.4 is 9.47 Å². The number of rotatable bonds is 7. The Hall–Kier alpha value is -0.830. The van der Waals surface area contributed by atoms with Gasteiger partial charge in [-0.3, -0.25) is 0 Å². The number of hydrogen-bond donors (Lipinski definition) is 0. The summed E-state index contributed by atoms with van der Waals surface area (Å²) in [6, 6.07) is 7.81. The van der Waals surface area contributed by atoms with Crippen molar-refractivity contribution in [2.75, 3.05) is 19.5 Å². The Kier molecular flexibility index (Phi) is 5.72. The zero-order chi connectivity index (χ0) is 12.6. The third-order valence-electron chi connectivity index (χ3n) is 3.25. The summed E-state index contributed by atoms with van der Waals surface area (Å²) >= 11 is 2.12. The van der Waals surface area contributed by atoms with E-state index in [1.54, 1.807) is 7.11 Å². The van der Waals surface area contributed by atoms with Crippen LogP contribution in [-0.2, 0) is 0 Å². The molecule has 0 N–H and O–H groups in total. The van der Waals surface area contributed by atoms with E-state index in [0.29, 0.717) is 0 Å². The molecule has 0 aliphatic heterocycles. The first kappa shape index (κ1) is 13.6. The van der Waals surface area contributed by atoms with E-state index in [0.717, 1.165) is 29.8 Å². The molecule has 1 aromatic carbocycles. The van der Waals surface area contributed by atoms with Crippen LogP contribution in [0.25, 0.3) is 0 Å². The van der Waals surface area contributed by atoms with E-state index in [2.05, 4.69) is 11.8 Å². The highest BCUT2D eigenvalue weighted by Crippen LogP contribution is 2.29. The maximum Gasteiger partial charge on any atom is 0.122 e. The van der Waals surface area contributed by atoms with Crippen molar-refractivity contribution in [3.8, 4) is 11.5 Å². The summed E-state index contributed by atoms with van der Waals surface area (Å²) in [5, 5.41) is 0.918. The highest BCUT2D eigenvalue weighted by Gasteiger charge is 2.14. The van der Waals surface area contributed by atoms with E-state index in [1.807, 2.05) is 24.3 Å². The second kappa shape index (κ2) is 7.57. The zero-order valence-corrected chi connectivity index (χ0v) is 11.9. The molecule has 1 fully saturated rings. The molecule has 0 amide bonds. The van der Waals surface area contributed by atoms with Crippen LogP contribution in [0.1, 0.15) is 32.1 Å². The van der Waals surface area contributed by atoms with Crippen molar-refractivity contribution in [3.05, 3.63) is 24.3 Å². The number of benzene rings is 1. The summed E-state index contributed by atoms with van der Waals surface area (Å²) in [7, 11) is 1.68. The predicted octanol–water partition coefficient (Wildman–Crippen LogP) is 4.14. The second-order valence-corrected chi connectivity index (χ2v) is 6.07. The van der Waals surface area contributed by atoms with E-state index in [4.69, 9.17) is 9.47 Å². The minimum atomic E-state index is 0.798. The fraction of sp³-hybridized carbons (Fsp3) is 0.600. The summed E-state index contributed by atoms with van der Waals surface area (Å²) in [5.74, 6) is 2.97. The Labute approximate surface area is 114 Å². The van der Waals surface area contributed by atoms with E-state index in [1.165, 1.54) is 31.4 Å². The van der Waals surface area contributed by atoms with Gasteiger partial charge in [0.2, 0.25) is 0 Å². The second-order valence-electron chi connectivity index (χ2n) is 4.66. The van der Waals surface area contributed by atoms with Crippen LogP contribution in [0.3, 0.4) is 0 Å². The monoisotopic (exact) mass is 266 g/mol. The summed E-state index contributed by atoms with van der Waals surface area (Å²) in [4.78, 5) is 0. The van der Waals surface area contributed by atoms with Crippen LogP contribution in [-0.4, -0.2) is 24.7 Å². The fourth-order valence-corrected chi connectivity index (χ4v) is 3.53. The Morgan fingerprint density at radius 1 is 1.22 bits per heavy atom. The first-order chi connectivity index (χ1) is 8.88. The first-order valence-electron chi connectivity index (χ1n) is 6.77. The van der Waals surface area contributed by atoms with Gasteiger partial charge < -0.3 is 9.47 Å². The van der Waals surface area contributed by atoms with Gasteiger partial charge in [0.1, 0.15) is 11.5 Å². The molecular weight excluding hydrogens is 244 g/mol. The predicted molar refractivity (Wildman–Crippen MR) is 77.8 cm³/mol. The van der Waals surface area contributed by atoms with Crippen molar-refractivity contribution < 1.29 is 9.47 Å². The molecule has 1 aliphatic rings. The molecule has 0 saturated heterocycles. The average molecular weight is 266 g/mol. The highest BCUT2D eigenvalue weighted by atomic mass is 32.2. The van der Waals surface area contributed by atoms with E-state index in [-0.39, 0.29) is 0 Å². The van der Waals surface area contributed by atoms with Crippen molar-refractivity contribution in [2.24, 2.45) is 0 Å². The molecule has 100 valence electrons. The SMILES string of the molecule is COc1cccc(OCCCSC2CCCC2)c1. The zero-order valence-electron chi connectivity index (χ0n) is 11.1. The molecule has 0 radical (unpaired) electrons. The van der Waals surface area contributed by atoms with Crippen LogP contribution >= 0.6 is 11.8 Å². The van der Waals surface area contributed by atoms with Crippen molar-refractivity contribution in [1.82, 2.24) is 0 Å². The smallest absolute Gasteiger partial charge is 0.122 e. The summed E-state index contributed by atoms with van der Waals surface area (Å²) in [5.41, 5.74) is 0. The van der Waals surface area contributed by atoms with Gasteiger partial charge in [0, 0.05) is 11.3 Å². The van der Waals surface area contributed by atoms with Crippen molar-refractivity contribution in [3.63, 3.8) is 0 Å². The third-order valence-corrected chi connectivity index (χ3v) is 4.72. The number of ether oxygens (including phenoxy) is 2. The Bertz CT molecular complexity index is 348. The Morgan fingerprint density at radius 2 is 2.00 bits per heavy atom. The molecular formula is C15H22O2S. The average Bonchev–Trinajstić information content (AvgIpc) is 2.92. The lowest BCUT2D eigenvalue weighted by molar-refractivity contribution is 0.316. The molecule has 0 heterocycles. The molecule has 1 aliphatic carbocycles. The molecule has 2 rings (SSSR count). The topological polar surface area (TPSA) is 18.5 Å². The van der Waals surface area contributed by atoms with Crippen molar-refractivity contribution >= 4 is 11.8 Å². The first-order valence-corrected chi connectivity index (χ1v) is 7.82. The lowest BCUT2D eigenvalue weighted by Crippen LogP contribution is -2.02. The fourth-order valence-electron chi connectivity index (χ4n) is 2.24. The number of hydrogen-bond acceptors (Lipinski definition) is 3. The lowest BCUT2D eigenvalue weighted by Gasteiger charge is -2.10. The quantitative estimate of drug-likeness (QED) is 0.691. The van der Waals surface area contributed by atoms with Gasteiger partial charge >= 0.3 is 0 Å². The van der Waals surface area contributed by atoms with Gasteiger partial charge in [-0.1, -0.05) is 18.9 Å². The molecule has 0 bridgehead atoms. The van der Waals surface area contributed by atoms with Crippen LogP contribution in [0.2, 0.25) is 0 Å². The minimum absolute atomic E-state index is 0.798. The molecule has 0 aromatic heterocycles. The summed E-state index contributed by atoms with van der Waals surface area (Å²) in [6.45, 7) is 0.798. The molecule has 1 aromatic rings. The summed E-state index contributed by atoms with van der Waals surface area (Å²) < 4.78 is 10.9. The molecule has 0 atom stereocenters. The molecule has 2 nitrogen and oxygen atoms in total. The van der Waals surface area contributed by atoms with Crippen molar-refractivity contribution in [2.45, 2.75) is 37.4 Å². The molecule has 3 heteroatoms. The highest BCUT2D eigenvalue weighted by molar-refractivity contribution is 7.99. The van der Waals surface area contributed by atoms with Gasteiger partial charge in [-0.2, -0.15) is 11.8 Å². The summed E-state index contributed by atoms with van der Waals surface area (Å²) in [6.07, 6.45) is 6.82. The minimum Gasteiger partial charge on any atom is -0.497 e. The van der Waals surface area contributed by atoms with Crippen LogP contribution in [0, 0.1) is 0 Å². The normalized spacial score (nSPS) is 15.8. The van der Waals surface area contributed by atoms with Gasteiger partial charge in [-0.05, 0) is 37.1 Å². The number of methoxy groups -OCH3 is 1. The van der Waals surface area contributed by atoms with Gasteiger partial charge in [-0.25, -0.2) is 0 Å². The van der Waals surface area contributed by atoms with Crippen LogP contribution in [0.15, 0.2) is 24.3 Å². The van der Waals surface area contributed by atoms with E-state index >= 15 is 0 Å². The van der Waals surface area contributed by atoms with Gasteiger partial charge in [-0.15, -0.1) is 0 Å². The Morgan fingerprint density at radius 3 is 2.78 bits per heavy atom. The van der Waals surface area contributed by atoms with Gasteiger partial charge in [0.25, 0.3) is 0 Å². The molecule has 1 saturated carbocycles. The van der Waals surface area contributed by atoms with Crippen molar-refractivity contribution in [1.29, 1.82) is 0 Å². The van der Waals surface area contributed by atoms with Gasteiger partial charge in [0.15, 0.2) is 0 Å². The van der Waals surface area contributed by atoms with Crippen LogP contribution in [0.4, 0.5) is 0 Å². The van der Waals surface area contributed by atoms with Gasteiger partial charge in [0.05, 0.1) is 13.7 Å². The van der Waals surface area contributed by atoms with E-state index in [9.17, 15) is 0 Å². The maximum atomic E-state index is 5.72. The third kappa shape index (κ3) is 4.45. The van der Waals surface area contributed by atoms with Crippen LogP contribution in [0.5, 0.6) is 11.5 Å². The molecule has 0 unspecified atom stereocenters. The maximum absolute atomic E-state index is 5.72. The molecule has 18 heavy (non-hydrogen) atoms. The molecule has 0 spiro atoms. The lowest BCUT2D eigenvalue weighted by atomic mass is 10.3. The largest absolute Gasteiger partial charge is 0.497 e. The number of thioether (sulfide) groups is 1. The Balaban J connectivity index is 1.59. The van der Waals surface area contributed by atoms with E-state index < -0.39 is 0 Å². The standard InChI is InChI=1S/C15H22O2S/c1-16-13-6-4-7-14(12-13)17-10-5-11-18-15-8-2-3-9-15/h4,6-7,12,15H,2-3,5,8-11H2,1H3.